The van der Waals surface area contributed by atoms with E-state index < -0.39 is 0 Å². The van der Waals surface area contributed by atoms with Gasteiger partial charge in [-0.25, -0.2) is 4.98 Å². The minimum Gasteiger partial charge on any atom is -0.382 e. The minimum atomic E-state index is -0.154. The largest absolute Gasteiger partial charge is 0.382 e. The number of amides is 1. The number of hydrogen-bond donors (Lipinski definition) is 2. The first-order valence-corrected chi connectivity index (χ1v) is 7.83. The Hall–Kier alpha value is -1.38. The van der Waals surface area contributed by atoms with Gasteiger partial charge in [0.25, 0.3) is 5.91 Å². The van der Waals surface area contributed by atoms with Gasteiger partial charge < -0.3 is 25.6 Å². The van der Waals surface area contributed by atoms with Crippen LogP contribution in [-0.2, 0) is 4.74 Å². The Morgan fingerprint density at radius 3 is 2.81 bits per heavy atom. The molecule has 8 heteroatoms. The lowest BCUT2D eigenvalue weighted by molar-refractivity contribution is 0.0939. The van der Waals surface area contributed by atoms with Gasteiger partial charge in [-0.15, -0.1) is 0 Å². The smallest absolute Gasteiger partial charge is 0.265 e. The van der Waals surface area contributed by atoms with Gasteiger partial charge in [0.1, 0.15) is 10.7 Å². The molecule has 3 N–H and O–H groups in total. The van der Waals surface area contributed by atoms with Gasteiger partial charge in [0.2, 0.25) is 0 Å². The minimum absolute atomic E-state index is 0.0563. The molecular formula is C13H23N5O2S. The van der Waals surface area contributed by atoms with Gasteiger partial charge >= 0.3 is 0 Å². The first-order chi connectivity index (χ1) is 9.97. The molecule has 1 aliphatic heterocycles. The van der Waals surface area contributed by atoms with Gasteiger partial charge in [-0.1, -0.05) is 11.3 Å². The third-order valence-corrected chi connectivity index (χ3v) is 4.28. The van der Waals surface area contributed by atoms with Crippen LogP contribution in [0.3, 0.4) is 0 Å². The molecule has 1 aliphatic rings. The van der Waals surface area contributed by atoms with E-state index in [9.17, 15) is 4.79 Å². The van der Waals surface area contributed by atoms with Crippen molar-refractivity contribution in [2.75, 3.05) is 57.6 Å². The predicted octanol–water partition coefficient (Wildman–Crippen LogP) is 0.242. The van der Waals surface area contributed by atoms with E-state index in [1.165, 1.54) is 11.3 Å². The molecule has 1 amide bonds. The Labute approximate surface area is 129 Å². The lowest BCUT2D eigenvalue weighted by Crippen LogP contribution is -2.39. The van der Waals surface area contributed by atoms with Crippen LogP contribution < -0.4 is 16.0 Å². The summed E-state index contributed by atoms with van der Waals surface area (Å²) in [7, 11) is 3.94. The summed E-state index contributed by atoms with van der Waals surface area (Å²) in [5, 5.41) is 3.74. The average molecular weight is 313 g/mol. The molecule has 0 aromatic carbocycles. The first kappa shape index (κ1) is 16.0. The van der Waals surface area contributed by atoms with E-state index in [4.69, 9.17) is 10.5 Å². The molecule has 1 fully saturated rings. The first-order valence-electron chi connectivity index (χ1n) is 7.02. The van der Waals surface area contributed by atoms with Gasteiger partial charge in [0.05, 0.1) is 13.2 Å². The second-order valence-electron chi connectivity index (χ2n) is 5.45. The Morgan fingerprint density at radius 1 is 1.52 bits per heavy atom. The number of nitrogens with two attached hydrogens (primary N) is 1. The normalized spacial score (nSPS) is 17.0. The molecular weight excluding hydrogens is 290 g/mol. The summed E-state index contributed by atoms with van der Waals surface area (Å²) in [6, 6.07) is 0.0563. The van der Waals surface area contributed by atoms with E-state index in [2.05, 4.69) is 15.2 Å². The third-order valence-electron chi connectivity index (χ3n) is 3.15. The van der Waals surface area contributed by atoms with Gasteiger partial charge in [0, 0.05) is 25.7 Å². The standard InChI is InChI=1S/C13H23N5O2S/c1-9(8-17(2)3)15-12(19)10-11(14)16-13(21-10)18-4-6-20-7-5-18/h9H,4-8,14H2,1-3H3,(H,15,19). The lowest BCUT2D eigenvalue weighted by atomic mass is 10.3. The summed E-state index contributed by atoms with van der Waals surface area (Å²) in [5.41, 5.74) is 5.90. The van der Waals surface area contributed by atoms with Gasteiger partial charge in [-0.2, -0.15) is 0 Å². The van der Waals surface area contributed by atoms with Crippen molar-refractivity contribution in [3.63, 3.8) is 0 Å². The summed E-state index contributed by atoms with van der Waals surface area (Å²) in [4.78, 5) is 21.2. The van der Waals surface area contributed by atoms with E-state index in [0.717, 1.165) is 24.8 Å². The highest BCUT2D eigenvalue weighted by molar-refractivity contribution is 7.18. The van der Waals surface area contributed by atoms with Gasteiger partial charge in [-0.3, -0.25) is 4.79 Å². The van der Waals surface area contributed by atoms with E-state index in [-0.39, 0.29) is 11.9 Å². The topological polar surface area (TPSA) is 83.7 Å². The second kappa shape index (κ2) is 7.06. The van der Waals surface area contributed by atoms with Gasteiger partial charge in [0.15, 0.2) is 5.13 Å². The summed E-state index contributed by atoms with van der Waals surface area (Å²) in [6.07, 6.45) is 0. The van der Waals surface area contributed by atoms with Crippen LogP contribution >= 0.6 is 11.3 Å². The van der Waals surface area contributed by atoms with Crippen molar-refractivity contribution in [2.24, 2.45) is 0 Å². The van der Waals surface area contributed by atoms with E-state index in [1.807, 2.05) is 25.9 Å². The highest BCUT2D eigenvalue weighted by atomic mass is 32.1. The number of thiazole rings is 1. The second-order valence-corrected chi connectivity index (χ2v) is 6.42. The Balaban J connectivity index is 2.02. The van der Waals surface area contributed by atoms with Crippen molar-refractivity contribution in [1.82, 2.24) is 15.2 Å². The number of nitrogens with zero attached hydrogens (tertiary/aromatic N) is 3. The van der Waals surface area contributed by atoms with Crippen molar-refractivity contribution >= 4 is 28.2 Å². The molecule has 2 heterocycles. The summed E-state index contributed by atoms with van der Waals surface area (Å²) in [5.74, 6) is 0.148. The zero-order valence-electron chi connectivity index (χ0n) is 12.8. The molecule has 0 spiro atoms. The molecule has 21 heavy (non-hydrogen) atoms. The van der Waals surface area contributed by atoms with Crippen molar-refractivity contribution in [3.8, 4) is 0 Å². The number of carbonyl (C=O) groups excluding carboxylic acids is 1. The number of carbonyl (C=O) groups is 1. The molecule has 118 valence electrons. The third kappa shape index (κ3) is 4.29. The fourth-order valence-corrected chi connectivity index (χ4v) is 3.20. The molecule has 1 aromatic rings. The maximum atomic E-state index is 12.3. The van der Waals surface area contributed by atoms with Crippen molar-refractivity contribution in [1.29, 1.82) is 0 Å². The molecule has 1 unspecified atom stereocenters. The summed E-state index contributed by atoms with van der Waals surface area (Å²) >= 11 is 1.34. The van der Waals surface area contributed by atoms with E-state index >= 15 is 0 Å². The van der Waals surface area contributed by atoms with Crippen LogP contribution in [0, 0.1) is 0 Å². The molecule has 0 radical (unpaired) electrons. The van der Waals surface area contributed by atoms with Crippen LogP contribution in [-0.4, -0.2) is 68.8 Å². The number of anilines is 2. The Kier molecular flexibility index (Phi) is 5.38. The summed E-state index contributed by atoms with van der Waals surface area (Å²) in [6.45, 7) is 5.68. The number of ether oxygens (including phenoxy) is 1. The quantitative estimate of drug-likeness (QED) is 0.810. The molecule has 0 bridgehead atoms. The van der Waals surface area contributed by atoms with E-state index in [1.54, 1.807) is 0 Å². The van der Waals surface area contributed by atoms with Crippen LogP contribution in [0.5, 0.6) is 0 Å². The zero-order chi connectivity index (χ0) is 15.4. The zero-order valence-corrected chi connectivity index (χ0v) is 13.6. The van der Waals surface area contributed by atoms with Crippen LogP contribution in [0.15, 0.2) is 0 Å². The monoisotopic (exact) mass is 313 g/mol. The fourth-order valence-electron chi connectivity index (χ4n) is 2.26. The number of morpholine rings is 1. The Bertz CT molecular complexity index is 485. The maximum absolute atomic E-state index is 12.3. The van der Waals surface area contributed by atoms with Gasteiger partial charge in [-0.05, 0) is 21.0 Å². The van der Waals surface area contributed by atoms with Crippen LogP contribution in [0.1, 0.15) is 16.6 Å². The van der Waals surface area contributed by atoms with E-state index in [0.29, 0.717) is 23.9 Å². The number of likely N-dealkylation sites (N-methyl/N-ethyl adjacent to an activating group) is 1. The molecule has 1 atom stereocenters. The molecule has 7 nitrogen and oxygen atoms in total. The number of nitrogens with one attached hydrogen (secondary N) is 1. The molecule has 0 saturated carbocycles. The number of aromatic nitrogens is 1. The molecule has 0 aliphatic carbocycles. The highest BCUT2D eigenvalue weighted by Crippen LogP contribution is 2.28. The fraction of sp³-hybridized carbons (Fsp3) is 0.692. The SMILES string of the molecule is CC(CN(C)C)NC(=O)c1sc(N2CCOCC2)nc1N. The number of rotatable bonds is 5. The highest BCUT2D eigenvalue weighted by Gasteiger charge is 2.22. The van der Waals surface area contributed by atoms with Crippen molar-refractivity contribution in [2.45, 2.75) is 13.0 Å². The average Bonchev–Trinajstić information content (AvgIpc) is 2.81. The van der Waals surface area contributed by atoms with Crippen LogP contribution in [0.25, 0.3) is 0 Å². The maximum Gasteiger partial charge on any atom is 0.265 e. The Morgan fingerprint density at radius 2 is 2.19 bits per heavy atom. The number of nitrogen functional groups attached to an aromatic ring is 1. The predicted molar refractivity (Wildman–Crippen MR) is 85.0 cm³/mol. The summed E-state index contributed by atoms with van der Waals surface area (Å²) < 4.78 is 5.32. The molecule has 2 rings (SSSR count). The number of hydrogen-bond acceptors (Lipinski definition) is 7. The van der Waals surface area contributed by atoms with Crippen molar-refractivity contribution in [3.05, 3.63) is 4.88 Å². The van der Waals surface area contributed by atoms with Crippen molar-refractivity contribution < 1.29 is 9.53 Å². The molecule has 1 saturated heterocycles. The van der Waals surface area contributed by atoms with Crippen LogP contribution in [0.4, 0.5) is 10.9 Å². The van der Waals surface area contributed by atoms with Crippen LogP contribution in [0.2, 0.25) is 0 Å². The lowest BCUT2D eigenvalue weighted by Gasteiger charge is -2.25. The molecule has 1 aromatic heterocycles.